The third-order valence-corrected chi connectivity index (χ3v) is 2.70. The molecule has 0 amide bonds. The highest BCUT2D eigenvalue weighted by atomic mass is 14.8. The predicted octanol–water partition coefficient (Wildman–Crippen LogP) is 2.17. The average molecular weight is 209 g/mol. The molecular weight excluding hydrogens is 198 g/mol. The molecule has 2 aliphatic rings. The van der Waals surface area contributed by atoms with E-state index in [0.717, 1.165) is 29.8 Å². The Morgan fingerprint density at radius 1 is 1.06 bits per heavy atom. The molecular formula is C13H11N3. The largest absolute Gasteiger partial charge is 0.269 e. The van der Waals surface area contributed by atoms with Gasteiger partial charge in [-0.2, -0.15) is 0 Å². The Hall–Kier alpha value is -2.03. The molecule has 0 radical (unpaired) electrons. The fourth-order valence-electron chi connectivity index (χ4n) is 1.88. The lowest BCUT2D eigenvalue weighted by Gasteiger charge is -2.07. The molecule has 3 rings (SSSR count). The summed E-state index contributed by atoms with van der Waals surface area (Å²) < 4.78 is 0. The van der Waals surface area contributed by atoms with Crippen molar-refractivity contribution in [2.45, 2.75) is 12.8 Å². The van der Waals surface area contributed by atoms with Gasteiger partial charge in [-0.05, 0) is 17.7 Å². The summed E-state index contributed by atoms with van der Waals surface area (Å²) in [7, 11) is 0. The van der Waals surface area contributed by atoms with Crippen molar-refractivity contribution >= 4 is 18.5 Å². The van der Waals surface area contributed by atoms with Gasteiger partial charge in [0.15, 0.2) is 0 Å². The molecule has 16 heavy (non-hydrogen) atoms. The van der Waals surface area contributed by atoms with Gasteiger partial charge in [0.05, 0.1) is 11.4 Å². The molecule has 0 saturated heterocycles. The molecule has 78 valence electrons. The molecule has 3 nitrogen and oxygen atoms in total. The minimum absolute atomic E-state index is 0.837. The van der Waals surface area contributed by atoms with Crippen LogP contribution in [0.15, 0.2) is 34.5 Å². The van der Waals surface area contributed by atoms with Crippen LogP contribution in [0.4, 0.5) is 0 Å². The van der Waals surface area contributed by atoms with Crippen molar-refractivity contribution in [2.24, 2.45) is 9.98 Å². The van der Waals surface area contributed by atoms with Crippen molar-refractivity contribution in [3.8, 4) is 0 Å². The quantitative estimate of drug-likeness (QED) is 0.645. The zero-order valence-electron chi connectivity index (χ0n) is 8.80. The van der Waals surface area contributed by atoms with Gasteiger partial charge in [0.25, 0.3) is 0 Å². The first-order chi connectivity index (χ1) is 7.93. The van der Waals surface area contributed by atoms with Crippen LogP contribution in [0.5, 0.6) is 0 Å². The van der Waals surface area contributed by atoms with Gasteiger partial charge < -0.3 is 0 Å². The minimum Gasteiger partial charge on any atom is -0.269 e. The first kappa shape index (κ1) is 9.21. The Labute approximate surface area is 94.0 Å². The maximum Gasteiger partial charge on any atom is 0.0684 e. The van der Waals surface area contributed by atoms with Crippen molar-refractivity contribution in [1.29, 1.82) is 0 Å². The second-order valence-corrected chi connectivity index (χ2v) is 3.79. The third-order valence-electron chi connectivity index (χ3n) is 2.70. The summed E-state index contributed by atoms with van der Waals surface area (Å²) in [5.74, 6) is 0. The number of aliphatic imine (C=N–C) groups is 2. The zero-order chi connectivity index (χ0) is 10.8. The SMILES string of the molecule is C1=CN=Cc2cc3c(nc2C1)C=CN=CC3. The lowest BCUT2D eigenvalue weighted by atomic mass is 10.0. The van der Waals surface area contributed by atoms with Crippen LogP contribution in [0, 0.1) is 0 Å². The maximum atomic E-state index is 4.66. The number of pyridine rings is 1. The molecule has 3 heterocycles. The van der Waals surface area contributed by atoms with Crippen LogP contribution in [-0.4, -0.2) is 17.4 Å². The van der Waals surface area contributed by atoms with Gasteiger partial charge in [0.1, 0.15) is 0 Å². The lowest BCUT2D eigenvalue weighted by molar-refractivity contribution is 1.07. The van der Waals surface area contributed by atoms with E-state index in [2.05, 4.69) is 21.0 Å². The van der Waals surface area contributed by atoms with Gasteiger partial charge in [-0.15, -0.1) is 0 Å². The Kier molecular flexibility index (Phi) is 2.22. The second kappa shape index (κ2) is 3.85. The first-order valence-electron chi connectivity index (χ1n) is 5.32. The van der Waals surface area contributed by atoms with Crippen LogP contribution in [0.25, 0.3) is 6.08 Å². The van der Waals surface area contributed by atoms with Crippen LogP contribution in [-0.2, 0) is 12.8 Å². The molecule has 0 fully saturated rings. The van der Waals surface area contributed by atoms with Crippen LogP contribution in [0.3, 0.4) is 0 Å². The number of fused-ring (bicyclic) bond motifs is 2. The topological polar surface area (TPSA) is 37.6 Å². The van der Waals surface area contributed by atoms with Gasteiger partial charge >= 0.3 is 0 Å². The molecule has 0 atom stereocenters. The summed E-state index contributed by atoms with van der Waals surface area (Å²) in [4.78, 5) is 13.0. The monoisotopic (exact) mass is 209 g/mol. The lowest BCUT2D eigenvalue weighted by Crippen LogP contribution is -2.02. The first-order valence-corrected chi connectivity index (χ1v) is 5.32. The Morgan fingerprint density at radius 2 is 2.06 bits per heavy atom. The van der Waals surface area contributed by atoms with Gasteiger partial charge in [0.2, 0.25) is 0 Å². The number of allylic oxidation sites excluding steroid dienone is 1. The van der Waals surface area contributed by atoms with E-state index in [9.17, 15) is 0 Å². The highest BCUT2D eigenvalue weighted by Gasteiger charge is 2.09. The van der Waals surface area contributed by atoms with Gasteiger partial charge in [-0.1, -0.05) is 6.08 Å². The maximum absolute atomic E-state index is 4.66. The van der Waals surface area contributed by atoms with E-state index in [1.54, 1.807) is 6.20 Å². The van der Waals surface area contributed by atoms with Gasteiger partial charge in [-0.25, -0.2) is 0 Å². The summed E-state index contributed by atoms with van der Waals surface area (Å²) >= 11 is 0. The predicted molar refractivity (Wildman–Crippen MR) is 65.9 cm³/mol. The van der Waals surface area contributed by atoms with E-state index >= 15 is 0 Å². The van der Waals surface area contributed by atoms with Crippen LogP contribution in [0.1, 0.15) is 22.5 Å². The summed E-state index contributed by atoms with van der Waals surface area (Å²) in [5, 5.41) is 0. The van der Waals surface area contributed by atoms with Crippen molar-refractivity contribution < 1.29 is 0 Å². The molecule has 1 aromatic heterocycles. The van der Waals surface area contributed by atoms with Crippen molar-refractivity contribution in [1.82, 2.24) is 4.98 Å². The third kappa shape index (κ3) is 1.60. The Morgan fingerprint density at radius 3 is 3.06 bits per heavy atom. The molecule has 0 aliphatic carbocycles. The van der Waals surface area contributed by atoms with E-state index in [0.29, 0.717) is 0 Å². The molecule has 3 heteroatoms. The van der Waals surface area contributed by atoms with E-state index < -0.39 is 0 Å². The summed E-state index contributed by atoms with van der Waals surface area (Å²) in [5.41, 5.74) is 4.44. The molecule has 0 spiro atoms. The minimum atomic E-state index is 0.837. The second-order valence-electron chi connectivity index (χ2n) is 3.79. The molecule has 2 aliphatic heterocycles. The van der Waals surface area contributed by atoms with Crippen molar-refractivity contribution in [2.75, 3.05) is 0 Å². The molecule has 0 aromatic carbocycles. The molecule has 0 N–H and O–H groups in total. The summed E-state index contributed by atoms with van der Waals surface area (Å²) in [6, 6.07) is 2.16. The number of hydrogen-bond acceptors (Lipinski definition) is 3. The van der Waals surface area contributed by atoms with E-state index in [1.807, 2.05) is 30.8 Å². The summed E-state index contributed by atoms with van der Waals surface area (Å²) in [6.07, 6.45) is 13.1. The summed E-state index contributed by atoms with van der Waals surface area (Å²) in [6.45, 7) is 0. The van der Waals surface area contributed by atoms with Crippen LogP contribution in [0.2, 0.25) is 0 Å². The van der Waals surface area contributed by atoms with E-state index in [4.69, 9.17) is 0 Å². The van der Waals surface area contributed by atoms with Gasteiger partial charge in [0, 0.05) is 43.2 Å². The van der Waals surface area contributed by atoms with Gasteiger partial charge in [-0.3, -0.25) is 15.0 Å². The highest BCUT2D eigenvalue weighted by molar-refractivity contribution is 5.83. The number of hydrogen-bond donors (Lipinski definition) is 0. The van der Waals surface area contributed by atoms with Crippen molar-refractivity contribution in [3.05, 3.63) is 47.1 Å². The number of aromatic nitrogens is 1. The highest BCUT2D eigenvalue weighted by Crippen LogP contribution is 2.17. The van der Waals surface area contributed by atoms with E-state index in [1.165, 1.54) is 5.56 Å². The van der Waals surface area contributed by atoms with Crippen molar-refractivity contribution in [3.63, 3.8) is 0 Å². The van der Waals surface area contributed by atoms with Crippen LogP contribution < -0.4 is 0 Å². The fraction of sp³-hybridized carbons (Fsp3) is 0.154. The van der Waals surface area contributed by atoms with Crippen LogP contribution >= 0.6 is 0 Å². The Bertz CT molecular complexity index is 487. The smallest absolute Gasteiger partial charge is 0.0684 e. The average Bonchev–Trinajstić information content (AvgIpc) is 2.64. The molecule has 0 saturated carbocycles. The molecule has 0 unspecified atom stereocenters. The molecule has 1 aromatic rings. The molecule has 0 bridgehead atoms. The van der Waals surface area contributed by atoms with E-state index in [-0.39, 0.29) is 0 Å². The standard InChI is InChI=1S/C13H11N3/c1-2-12-11(9-15-5-1)8-10-3-6-14-7-4-13(10)16-12/h1,4-9H,2-3H2. The Balaban J connectivity index is 2.16. The number of nitrogens with zero attached hydrogens (tertiary/aromatic N) is 3. The number of rotatable bonds is 0. The fourth-order valence-corrected chi connectivity index (χ4v) is 1.88. The normalized spacial score (nSPS) is 16.5. The zero-order valence-corrected chi connectivity index (χ0v) is 8.80.